The second-order valence-electron chi connectivity index (χ2n) is 4.04. The van der Waals surface area contributed by atoms with E-state index in [1.165, 1.54) is 7.11 Å². The first-order valence-corrected chi connectivity index (χ1v) is 6.23. The Morgan fingerprint density at radius 2 is 2.05 bits per heavy atom. The molecule has 19 heavy (non-hydrogen) atoms. The molecule has 0 fully saturated rings. The van der Waals surface area contributed by atoms with Crippen molar-refractivity contribution in [2.24, 2.45) is 0 Å². The minimum atomic E-state index is -0.345. The summed E-state index contributed by atoms with van der Waals surface area (Å²) >= 11 is 0. The van der Waals surface area contributed by atoms with Gasteiger partial charge in [-0.2, -0.15) is 0 Å². The molecule has 0 aliphatic rings. The number of ether oxygens (including phenoxy) is 3. The van der Waals surface area contributed by atoms with Crippen molar-refractivity contribution in [1.82, 2.24) is 5.32 Å². The predicted molar refractivity (Wildman–Crippen MR) is 72.5 cm³/mol. The molecule has 0 saturated carbocycles. The number of esters is 1. The van der Waals surface area contributed by atoms with Crippen LogP contribution in [0.5, 0.6) is 11.5 Å². The van der Waals surface area contributed by atoms with Crippen LogP contribution in [-0.2, 0) is 16.1 Å². The van der Waals surface area contributed by atoms with E-state index in [9.17, 15) is 4.79 Å². The zero-order chi connectivity index (χ0) is 14.3. The fraction of sp³-hybridized carbons (Fsp3) is 0.500. The lowest BCUT2D eigenvalue weighted by Crippen LogP contribution is -2.34. The van der Waals surface area contributed by atoms with Crippen molar-refractivity contribution in [2.75, 3.05) is 20.8 Å². The van der Waals surface area contributed by atoms with Crippen LogP contribution in [0.15, 0.2) is 18.2 Å². The third-order valence-corrected chi connectivity index (χ3v) is 2.69. The van der Waals surface area contributed by atoms with E-state index in [4.69, 9.17) is 9.47 Å². The maximum atomic E-state index is 11.3. The van der Waals surface area contributed by atoms with Gasteiger partial charge in [-0.1, -0.05) is 6.07 Å². The van der Waals surface area contributed by atoms with Crippen LogP contribution < -0.4 is 14.8 Å². The SMILES string of the molecule is CCOc1ccc(CNC(C)C(=O)OC)cc1OC. The minimum Gasteiger partial charge on any atom is -0.493 e. The van der Waals surface area contributed by atoms with Gasteiger partial charge in [0.2, 0.25) is 0 Å². The first-order chi connectivity index (χ1) is 9.12. The third kappa shape index (κ3) is 4.44. The summed E-state index contributed by atoms with van der Waals surface area (Å²) < 4.78 is 15.4. The molecular formula is C14H21NO4. The van der Waals surface area contributed by atoms with E-state index in [-0.39, 0.29) is 12.0 Å². The van der Waals surface area contributed by atoms with Gasteiger partial charge in [0.05, 0.1) is 20.8 Å². The highest BCUT2D eigenvalue weighted by Gasteiger charge is 2.12. The van der Waals surface area contributed by atoms with Crippen molar-refractivity contribution in [1.29, 1.82) is 0 Å². The molecule has 5 nitrogen and oxygen atoms in total. The number of hydrogen-bond acceptors (Lipinski definition) is 5. The lowest BCUT2D eigenvalue weighted by molar-refractivity contribution is -0.142. The zero-order valence-corrected chi connectivity index (χ0v) is 11.9. The Morgan fingerprint density at radius 1 is 1.32 bits per heavy atom. The number of nitrogens with one attached hydrogen (secondary N) is 1. The van der Waals surface area contributed by atoms with E-state index in [1.54, 1.807) is 14.0 Å². The van der Waals surface area contributed by atoms with E-state index >= 15 is 0 Å². The van der Waals surface area contributed by atoms with Crippen LogP contribution in [0.4, 0.5) is 0 Å². The molecule has 0 spiro atoms. The normalized spacial score (nSPS) is 11.8. The van der Waals surface area contributed by atoms with Crippen LogP contribution in [0, 0.1) is 0 Å². The highest BCUT2D eigenvalue weighted by Crippen LogP contribution is 2.27. The molecule has 0 radical (unpaired) electrons. The fourth-order valence-corrected chi connectivity index (χ4v) is 1.63. The second-order valence-corrected chi connectivity index (χ2v) is 4.04. The molecule has 0 saturated heterocycles. The topological polar surface area (TPSA) is 56.8 Å². The van der Waals surface area contributed by atoms with E-state index in [2.05, 4.69) is 10.1 Å². The summed E-state index contributed by atoms with van der Waals surface area (Å²) in [4.78, 5) is 11.3. The van der Waals surface area contributed by atoms with Gasteiger partial charge in [0.1, 0.15) is 6.04 Å². The Bertz CT molecular complexity index is 420. The number of benzene rings is 1. The Balaban J connectivity index is 2.67. The predicted octanol–water partition coefficient (Wildman–Crippen LogP) is 1.74. The average molecular weight is 267 g/mol. The van der Waals surface area contributed by atoms with Gasteiger partial charge in [-0.3, -0.25) is 4.79 Å². The zero-order valence-electron chi connectivity index (χ0n) is 11.9. The molecule has 5 heteroatoms. The van der Waals surface area contributed by atoms with Crippen molar-refractivity contribution >= 4 is 5.97 Å². The molecule has 0 aromatic heterocycles. The van der Waals surface area contributed by atoms with Crippen molar-refractivity contribution < 1.29 is 19.0 Å². The Labute approximate surface area is 113 Å². The highest BCUT2D eigenvalue weighted by molar-refractivity contribution is 5.75. The molecule has 1 unspecified atom stereocenters. The van der Waals surface area contributed by atoms with Crippen LogP contribution in [0.25, 0.3) is 0 Å². The smallest absolute Gasteiger partial charge is 0.322 e. The quantitative estimate of drug-likeness (QED) is 0.763. The Morgan fingerprint density at radius 3 is 2.63 bits per heavy atom. The van der Waals surface area contributed by atoms with Gasteiger partial charge in [0, 0.05) is 6.54 Å². The maximum Gasteiger partial charge on any atom is 0.322 e. The number of methoxy groups -OCH3 is 2. The summed E-state index contributed by atoms with van der Waals surface area (Å²) in [5, 5.41) is 3.08. The summed E-state index contributed by atoms with van der Waals surface area (Å²) in [6, 6.07) is 5.34. The summed E-state index contributed by atoms with van der Waals surface area (Å²) in [5.74, 6) is 1.12. The van der Waals surface area contributed by atoms with Gasteiger partial charge in [-0.15, -0.1) is 0 Å². The molecular weight excluding hydrogens is 246 g/mol. The Hall–Kier alpha value is -1.75. The van der Waals surface area contributed by atoms with E-state index in [0.717, 1.165) is 11.3 Å². The molecule has 0 bridgehead atoms. The lowest BCUT2D eigenvalue weighted by atomic mass is 10.2. The first kappa shape index (κ1) is 15.3. The molecule has 106 valence electrons. The van der Waals surface area contributed by atoms with Crippen molar-refractivity contribution in [2.45, 2.75) is 26.4 Å². The largest absolute Gasteiger partial charge is 0.493 e. The standard InChI is InChI=1S/C14H21NO4/c1-5-19-12-7-6-11(8-13(12)17-3)9-15-10(2)14(16)18-4/h6-8,10,15H,5,9H2,1-4H3. The van der Waals surface area contributed by atoms with Gasteiger partial charge in [0.15, 0.2) is 11.5 Å². The van der Waals surface area contributed by atoms with Crippen molar-refractivity contribution in [3.05, 3.63) is 23.8 Å². The van der Waals surface area contributed by atoms with Crippen molar-refractivity contribution in [3.8, 4) is 11.5 Å². The molecule has 1 aromatic rings. The molecule has 0 heterocycles. The molecule has 0 aliphatic carbocycles. The molecule has 0 aliphatic heterocycles. The first-order valence-electron chi connectivity index (χ1n) is 6.23. The maximum absolute atomic E-state index is 11.3. The van der Waals surface area contributed by atoms with Gasteiger partial charge in [0.25, 0.3) is 0 Å². The minimum absolute atomic E-state index is 0.280. The molecule has 1 atom stereocenters. The van der Waals surface area contributed by atoms with Crippen LogP contribution in [0.1, 0.15) is 19.4 Å². The summed E-state index contributed by atoms with van der Waals surface area (Å²) in [7, 11) is 2.98. The molecule has 1 rings (SSSR count). The number of carbonyl (C=O) groups is 1. The van der Waals surface area contributed by atoms with E-state index < -0.39 is 0 Å². The molecule has 1 aromatic carbocycles. The third-order valence-electron chi connectivity index (χ3n) is 2.69. The van der Waals surface area contributed by atoms with E-state index in [1.807, 2.05) is 25.1 Å². The van der Waals surface area contributed by atoms with Gasteiger partial charge in [-0.05, 0) is 31.5 Å². The van der Waals surface area contributed by atoms with Crippen LogP contribution in [0.3, 0.4) is 0 Å². The van der Waals surface area contributed by atoms with Crippen LogP contribution >= 0.6 is 0 Å². The van der Waals surface area contributed by atoms with Crippen LogP contribution in [0.2, 0.25) is 0 Å². The summed E-state index contributed by atoms with van der Waals surface area (Å²) in [6.07, 6.45) is 0. The summed E-state index contributed by atoms with van der Waals surface area (Å²) in [5.41, 5.74) is 1.01. The molecule has 0 amide bonds. The molecule has 1 N–H and O–H groups in total. The van der Waals surface area contributed by atoms with Gasteiger partial charge < -0.3 is 19.5 Å². The second kappa shape index (κ2) is 7.63. The van der Waals surface area contributed by atoms with Crippen LogP contribution in [-0.4, -0.2) is 32.8 Å². The van der Waals surface area contributed by atoms with Gasteiger partial charge >= 0.3 is 5.97 Å². The number of rotatable bonds is 7. The number of carbonyl (C=O) groups excluding carboxylic acids is 1. The number of hydrogen-bond donors (Lipinski definition) is 1. The Kier molecular flexibility index (Phi) is 6.15. The summed E-state index contributed by atoms with van der Waals surface area (Å²) in [6.45, 7) is 4.83. The van der Waals surface area contributed by atoms with Crippen molar-refractivity contribution in [3.63, 3.8) is 0 Å². The fourth-order valence-electron chi connectivity index (χ4n) is 1.63. The van der Waals surface area contributed by atoms with Gasteiger partial charge in [-0.25, -0.2) is 0 Å². The average Bonchev–Trinajstić information content (AvgIpc) is 2.45. The van der Waals surface area contributed by atoms with E-state index in [0.29, 0.717) is 18.9 Å². The highest BCUT2D eigenvalue weighted by atomic mass is 16.5. The lowest BCUT2D eigenvalue weighted by Gasteiger charge is -2.13. The monoisotopic (exact) mass is 267 g/mol.